The molecule has 1 N–H and O–H groups in total. The maximum atomic E-state index is 11.9. The zero-order chi connectivity index (χ0) is 25.1. The van der Waals surface area contributed by atoms with Gasteiger partial charge in [-0.3, -0.25) is 9.59 Å². The summed E-state index contributed by atoms with van der Waals surface area (Å²) in [5.41, 5.74) is 2.38. The number of imidazole rings is 1. The third-order valence-corrected chi connectivity index (χ3v) is 8.92. The van der Waals surface area contributed by atoms with Gasteiger partial charge in [0.05, 0.1) is 22.6 Å². The van der Waals surface area contributed by atoms with Crippen molar-refractivity contribution in [1.29, 1.82) is 0 Å². The highest BCUT2D eigenvalue weighted by atomic mass is 35.5. The van der Waals surface area contributed by atoms with E-state index in [1.54, 1.807) is 25.2 Å². The summed E-state index contributed by atoms with van der Waals surface area (Å²) >= 11 is 7.72. The number of nitrogens with one attached hydrogen (secondary N) is 1. The second-order valence-corrected chi connectivity index (χ2v) is 11.7. The summed E-state index contributed by atoms with van der Waals surface area (Å²) in [4.78, 5) is 34.2. The molecular formula is C26H38ClN5O2S. The Morgan fingerprint density at radius 2 is 2.09 bits per heavy atom. The number of likely N-dealkylation sites (tertiary alicyclic amines) is 1. The summed E-state index contributed by atoms with van der Waals surface area (Å²) < 4.78 is 3.22. The van der Waals surface area contributed by atoms with Gasteiger partial charge in [-0.05, 0) is 57.7 Å². The van der Waals surface area contributed by atoms with Gasteiger partial charge >= 0.3 is 0 Å². The molecule has 2 amide bonds. The molecule has 192 valence electrons. The van der Waals surface area contributed by atoms with Crippen molar-refractivity contribution in [2.24, 2.45) is 0 Å². The molecule has 3 unspecified atom stereocenters. The molecule has 0 saturated carbocycles. The van der Waals surface area contributed by atoms with Crippen molar-refractivity contribution in [2.45, 2.75) is 90.9 Å². The molecule has 0 spiro atoms. The van der Waals surface area contributed by atoms with Crippen LogP contribution in [0.25, 0.3) is 0 Å². The number of amides is 2. The second kappa shape index (κ2) is 11.4. The minimum atomic E-state index is -0.00719. The Morgan fingerprint density at radius 1 is 1.29 bits per heavy atom. The number of hydrogen-bond donors (Lipinski definition) is 1. The molecule has 2 aliphatic rings. The molecule has 35 heavy (non-hydrogen) atoms. The van der Waals surface area contributed by atoms with Gasteiger partial charge in [0.25, 0.3) is 0 Å². The standard InChI is InChI=1S/C26H38ClN5O2S/c1-5-20(32-17(2)28-23-16-31(19(4)34)14-11-24(23)32)15-21-7-6-12-30(21)13-10-22(29-18(3)33)25-8-9-26(27)35-25/h8-9,20-22H,5-7,10-16H2,1-4H3,(H,29,33). The van der Waals surface area contributed by atoms with Crippen molar-refractivity contribution in [3.8, 4) is 0 Å². The molecule has 0 aromatic carbocycles. The number of aromatic nitrogens is 2. The van der Waals surface area contributed by atoms with Gasteiger partial charge in [0.15, 0.2) is 0 Å². The minimum absolute atomic E-state index is 0.000330. The van der Waals surface area contributed by atoms with Crippen LogP contribution < -0.4 is 5.32 Å². The molecule has 4 heterocycles. The Kier molecular flexibility index (Phi) is 8.55. The molecule has 1 fully saturated rings. The number of rotatable bonds is 9. The summed E-state index contributed by atoms with van der Waals surface area (Å²) in [7, 11) is 0. The highest BCUT2D eigenvalue weighted by Gasteiger charge is 2.31. The topological polar surface area (TPSA) is 70.5 Å². The first kappa shape index (κ1) is 26.2. The predicted molar refractivity (Wildman–Crippen MR) is 141 cm³/mol. The number of carbonyl (C=O) groups is 2. The van der Waals surface area contributed by atoms with E-state index >= 15 is 0 Å². The van der Waals surface area contributed by atoms with E-state index in [2.05, 4.69) is 28.6 Å². The third kappa shape index (κ3) is 6.09. The van der Waals surface area contributed by atoms with Crippen LogP contribution in [0.5, 0.6) is 0 Å². The van der Waals surface area contributed by atoms with Gasteiger partial charge in [-0.15, -0.1) is 11.3 Å². The van der Waals surface area contributed by atoms with Gasteiger partial charge in [-0.1, -0.05) is 18.5 Å². The minimum Gasteiger partial charge on any atom is -0.349 e. The Hall–Kier alpha value is -1.90. The molecule has 0 aliphatic carbocycles. The lowest BCUT2D eigenvalue weighted by atomic mass is 10.0. The Morgan fingerprint density at radius 3 is 2.74 bits per heavy atom. The van der Waals surface area contributed by atoms with Crippen LogP contribution in [0.1, 0.15) is 87.0 Å². The number of nitrogens with zero attached hydrogens (tertiary/aromatic N) is 4. The lowest BCUT2D eigenvalue weighted by molar-refractivity contribution is -0.129. The molecule has 3 atom stereocenters. The summed E-state index contributed by atoms with van der Waals surface area (Å²) in [5.74, 6) is 1.18. The molecule has 2 aromatic rings. The number of carbonyl (C=O) groups excluding carboxylic acids is 2. The molecular weight excluding hydrogens is 482 g/mol. The number of thiophene rings is 1. The van der Waals surface area contributed by atoms with Crippen LogP contribution in [0.3, 0.4) is 0 Å². The van der Waals surface area contributed by atoms with Gasteiger partial charge in [0, 0.05) is 56.0 Å². The van der Waals surface area contributed by atoms with Crippen LogP contribution in [-0.2, 0) is 22.6 Å². The van der Waals surface area contributed by atoms with E-state index in [-0.39, 0.29) is 17.9 Å². The fourth-order valence-corrected chi connectivity index (χ4v) is 7.01. The van der Waals surface area contributed by atoms with E-state index in [9.17, 15) is 9.59 Å². The Labute approximate surface area is 217 Å². The van der Waals surface area contributed by atoms with Crippen LogP contribution in [0.2, 0.25) is 4.34 Å². The van der Waals surface area contributed by atoms with E-state index < -0.39 is 0 Å². The quantitative estimate of drug-likeness (QED) is 0.512. The molecule has 0 bridgehead atoms. The van der Waals surface area contributed by atoms with Crippen LogP contribution in [0.15, 0.2) is 12.1 Å². The molecule has 2 aromatic heterocycles. The van der Waals surface area contributed by atoms with E-state index in [1.807, 2.05) is 17.0 Å². The summed E-state index contributed by atoms with van der Waals surface area (Å²) in [6, 6.07) is 4.87. The van der Waals surface area contributed by atoms with E-state index in [0.29, 0.717) is 18.6 Å². The van der Waals surface area contributed by atoms with Gasteiger partial charge in [0.2, 0.25) is 11.8 Å². The fourth-order valence-electron chi connectivity index (χ4n) is 5.86. The van der Waals surface area contributed by atoms with Crippen molar-refractivity contribution in [1.82, 2.24) is 24.7 Å². The molecule has 2 aliphatic heterocycles. The number of fused-ring (bicyclic) bond motifs is 1. The maximum absolute atomic E-state index is 11.9. The second-order valence-electron chi connectivity index (χ2n) is 9.93. The number of halogens is 1. The maximum Gasteiger partial charge on any atom is 0.219 e. The van der Waals surface area contributed by atoms with Crippen molar-refractivity contribution in [3.63, 3.8) is 0 Å². The normalized spacial score (nSPS) is 20.0. The highest BCUT2D eigenvalue weighted by molar-refractivity contribution is 7.16. The fraction of sp³-hybridized carbons (Fsp3) is 0.654. The van der Waals surface area contributed by atoms with Crippen molar-refractivity contribution >= 4 is 34.8 Å². The van der Waals surface area contributed by atoms with Gasteiger partial charge in [0.1, 0.15) is 5.82 Å². The van der Waals surface area contributed by atoms with Gasteiger partial charge < -0.3 is 19.7 Å². The van der Waals surface area contributed by atoms with E-state index in [0.717, 1.165) is 66.0 Å². The zero-order valence-corrected chi connectivity index (χ0v) is 22.9. The number of aryl methyl sites for hydroxylation is 1. The van der Waals surface area contributed by atoms with E-state index in [4.69, 9.17) is 16.6 Å². The third-order valence-electron chi connectivity index (χ3n) is 7.57. The average Bonchev–Trinajstić information content (AvgIpc) is 3.52. The highest BCUT2D eigenvalue weighted by Crippen LogP contribution is 2.34. The average molecular weight is 520 g/mol. The largest absolute Gasteiger partial charge is 0.349 e. The van der Waals surface area contributed by atoms with Crippen LogP contribution in [-0.4, -0.2) is 56.8 Å². The first-order chi connectivity index (χ1) is 16.8. The van der Waals surface area contributed by atoms with Gasteiger partial charge in [-0.25, -0.2) is 4.98 Å². The monoisotopic (exact) mass is 519 g/mol. The molecule has 9 heteroatoms. The Bertz CT molecular complexity index is 1050. The van der Waals surface area contributed by atoms with Crippen molar-refractivity contribution in [2.75, 3.05) is 19.6 Å². The molecule has 4 rings (SSSR count). The summed E-state index contributed by atoms with van der Waals surface area (Å²) in [6.07, 6.45) is 6.34. The lowest BCUT2D eigenvalue weighted by Crippen LogP contribution is -2.37. The van der Waals surface area contributed by atoms with Crippen molar-refractivity contribution < 1.29 is 9.59 Å². The molecule has 0 radical (unpaired) electrons. The summed E-state index contributed by atoms with van der Waals surface area (Å²) in [5, 5.41) is 3.12. The van der Waals surface area contributed by atoms with Crippen LogP contribution in [0, 0.1) is 6.92 Å². The first-order valence-corrected chi connectivity index (χ1v) is 14.0. The van der Waals surface area contributed by atoms with Gasteiger partial charge in [-0.2, -0.15) is 0 Å². The summed E-state index contributed by atoms with van der Waals surface area (Å²) in [6.45, 7) is 11.1. The lowest BCUT2D eigenvalue weighted by Gasteiger charge is -2.32. The number of hydrogen-bond acceptors (Lipinski definition) is 5. The van der Waals surface area contributed by atoms with Crippen LogP contribution >= 0.6 is 22.9 Å². The smallest absolute Gasteiger partial charge is 0.219 e. The molecule has 7 nitrogen and oxygen atoms in total. The Balaban J connectivity index is 1.43. The SMILES string of the molecule is CCC(CC1CCCN1CCC(NC(C)=O)c1ccc(Cl)s1)n1c(C)nc2c1CCN(C(C)=O)C2. The van der Waals surface area contributed by atoms with E-state index in [1.165, 1.54) is 18.5 Å². The van der Waals surface area contributed by atoms with Crippen LogP contribution in [0.4, 0.5) is 0 Å². The first-order valence-electron chi connectivity index (χ1n) is 12.8. The van der Waals surface area contributed by atoms with Crippen molar-refractivity contribution in [3.05, 3.63) is 38.6 Å². The molecule has 1 saturated heterocycles. The zero-order valence-electron chi connectivity index (χ0n) is 21.3. The predicted octanol–water partition coefficient (Wildman–Crippen LogP) is 4.88.